The number of ether oxygens (including phenoxy) is 12. The van der Waals surface area contributed by atoms with Crippen molar-refractivity contribution >= 4 is 11.6 Å². The van der Waals surface area contributed by atoms with Gasteiger partial charge in [-0.3, -0.25) is 9.59 Å². The molecular formula is C64H90O15. The Morgan fingerprint density at radius 3 is 1.25 bits per heavy atom. The van der Waals surface area contributed by atoms with Crippen molar-refractivity contribution in [1.82, 2.24) is 0 Å². The van der Waals surface area contributed by atoms with Crippen LogP contribution in [0.15, 0.2) is 103 Å². The van der Waals surface area contributed by atoms with Crippen molar-refractivity contribution in [2.45, 2.75) is 244 Å². The topological polar surface area (TPSA) is 165 Å². The quantitative estimate of drug-likeness (QED) is 0.204. The average Bonchev–Trinajstić information content (AvgIpc) is 4.45. The highest BCUT2D eigenvalue weighted by Crippen LogP contribution is 2.48. The first kappa shape index (κ1) is 61.3. The van der Waals surface area contributed by atoms with Gasteiger partial charge in [-0.2, -0.15) is 0 Å². The van der Waals surface area contributed by atoms with Gasteiger partial charge < -0.3 is 61.9 Å². The molecule has 3 aromatic rings. The second-order valence-corrected chi connectivity index (χ2v) is 25.9. The van der Waals surface area contributed by atoms with Crippen LogP contribution >= 0.6 is 0 Å². The molecule has 0 radical (unpaired) electrons. The average molecular weight is 1100 g/mol. The van der Waals surface area contributed by atoms with Gasteiger partial charge in [0.25, 0.3) is 0 Å². The van der Waals surface area contributed by atoms with Crippen molar-refractivity contribution in [3.63, 3.8) is 0 Å². The molecule has 7 fully saturated rings. The lowest BCUT2D eigenvalue weighted by molar-refractivity contribution is -0.201. The maximum atomic E-state index is 12.4. The van der Waals surface area contributed by atoms with Gasteiger partial charge in [0, 0.05) is 24.9 Å². The standard InChI is InChI=1S/C19H28O4.C18H26O4.C18H24O4.C9H12O3/c1-12-14(20-6)16-17(23-19(4,5)22-16)15(12)21-18(2,3)13-10-8-7-9-11-13;2*1-11-13(19)15-16(22-18(4,5)21-15)14(11)20-17(2,3)12-9-7-6-8-10-12;1-5-4-6-8(7(5)10)12-9(2,3)11-6/h7-12,14-17H,1-6H3;6-11,13-16,19H,1-5H3;6-11,14-16H,1-5H3;4,6,8H,1-3H3/t;;;6-,8-/m...0/s1. The molecule has 436 valence electrons. The Labute approximate surface area is 469 Å². The van der Waals surface area contributed by atoms with E-state index in [1.54, 1.807) is 14.0 Å². The predicted molar refractivity (Wildman–Crippen MR) is 296 cm³/mol. The van der Waals surface area contributed by atoms with Gasteiger partial charge in [0.15, 0.2) is 40.8 Å². The third-order valence-corrected chi connectivity index (χ3v) is 16.6. The highest BCUT2D eigenvalue weighted by Gasteiger charge is 2.62. The van der Waals surface area contributed by atoms with E-state index in [0.717, 1.165) is 22.3 Å². The number of fused-ring (bicyclic) bond motifs is 4. The molecule has 0 aromatic heterocycles. The fraction of sp³-hybridized carbons (Fsp3) is 0.656. The number of Topliss-reactive ketones (excluding diaryl/α,β-unsaturated/α-hetero) is 2. The van der Waals surface area contributed by atoms with E-state index in [1.807, 2.05) is 156 Å². The van der Waals surface area contributed by atoms with E-state index in [9.17, 15) is 14.7 Å². The van der Waals surface area contributed by atoms with E-state index in [-0.39, 0.29) is 96.5 Å². The predicted octanol–water partition coefficient (Wildman–Crippen LogP) is 10.4. The number of ketones is 2. The Balaban J connectivity index is 0.000000142. The molecule has 79 heavy (non-hydrogen) atoms. The minimum atomic E-state index is -0.733. The Morgan fingerprint density at radius 1 is 0.456 bits per heavy atom. The molecule has 16 atom stereocenters. The SMILES string of the molecule is CC1=C[C@@H]2OC(C)(C)O[C@@H]2C1=O.CC1C(=O)C2OC(C)(C)OC2C1OC(C)(C)c1ccccc1.CC1C(O)C2OC(C)(C)OC2C1OC(C)(C)c1ccccc1.COC1C(C)C(OC(C)(C)c2ccccc2)C2OC(C)(C)OC12. The Kier molecular flexibility index (Phi) is 17.7. The Bertz CT molecular complexity index is 2590. The summed E-state index contributed by atoms with van der Waals surface area (Å²) in [7, 11) is 1.73. The van der Waals surface area contributed by atoms with Crippen LogP contribution in [-0.2, 0) is 83.2 Å². The minimum absolute atomic E-state index is 0.0154. The summed E-state index contributed by atoms with van der Waals surface area (Å²) in [5.41, 5.74) is 2.75. The summed E-state index contributed by atoms with van der Waals surface area (Å²) in [6.45, 7) is 35.1. The molecule has 0 spiro atoms. The first-order valence-corrected chi connectivity index (χ1v) is 28.3. The number of benzene rings is 3. The van der Waals surface area contributed by atoms with Crippen molar-refractivity contribution in [1.29, 1.82) is 0 Å². The van der Waals surface area contributed by atoms with Crippen LogP contribution in [-0.4, -0.2) is 126 Å². The van der Waals surface area contributed by atoms with Gasteiger partial charge in [0.2, 0.25) is 0 Å². The number of rotatable bonds is 10. The monoisotopic (exact) mass is 1100 g/mol. The summed E-state index contributed by atoms with van der Waals surface area (Å²) < 4.78 is 71.7. The summed E-state index contributed by atoms with van der Waals surface area (Å²) in [5, 5.41) is 10.5. The fourth-order valence-electron chi connectivity index (χ4n) is 12.5. The van der Waals surface area contributed by atoms with Gasteiger partial charge >= 0.3 is 0 Å². The number of carbonyl (C=O) groups is 2. The number of methoxy groups -OCH3 is 1. The number of aliphatic hydroxyl groups is 1. The molecule has 4 aliphatic heterocycles. The molecule has 11 rings (SSSR count). The zero-order valence-corrected chi connectivity index (χ0v) is 50.1. The molecule has 0 amide bonds. The molecule has 0 bridgehead atoms. The van der Waals surface area contributed by atoms with E-state index in [4.69, 9.17) is 56.8 Å². The summed E-state index contributed by atoms with van der Waals surface area (Å²) >= 11 is 0. The van der Waals surface area contributed by atoms with E-state index in [0.29, 0.717) is 0 Å². The van der Waals surface area contributed by atoms with Crippen LogP contribution in [0.25, 0.3) is 0 Å². The summed E-state index contributed by atoms with van der Waals surface area (Å²) in [5.74, 6) is -2.53. The molecule has 4 saturated heterocycles. The third-order valence-electron chi connectivity index (χ3n) is 16.6. The Morgan fingerprint density at radius 2 is 0.810 bits per heavy atom. The van der Waals surface area contributed by atoms with E-state index >= 15 is 0 Å². The van der Waals surface area contributed by atoms with Gasteiger partial charge in [-0.05, 0) is 132 Å². The minimum Gasteiger partial charge on any atom is -0.390 e. The zero-order chi connectivity index (χ0) is 58.0. The van der Waals surface area contributed by atoms with Crippen LogP contribution in [0.3, 0.4) is 0 Å². The molecule has 8 aliphatic rings. The van der Waals surface area contributed by atoms with Crippen LogP contribution < -0.4 is 0 Å². The molecule has 15 heteroatoms. The lowest BCUT2D eigenvalue weighted by Gasteiger charge is -2.34. The fourth-order valence-corrected chi connectivity index (χ4v) is 12.5. The molecule has 14 unspecified atom stereocenters. The maximum Gasteiger partial charge on any atom is 0.190 e. The lowest BCUT2D eigenvalue weighted by Crippen LogP contribution is -2.39. The third kappa shape index (κ3) is 13.2. The summed E-state index contributed by atoms with van der Waals surface area (Å²) in [4.78, 5) is 23.8. The molecular weight excluding hydrogens is 1010 g/mol. The van der Waals surface area contributed by atoms with Gasteiger partial charge in [-0.1, -0.05) is 112 Å². The highest BCUT2D eigenvalue weighted by molar-refractivity contribution is 6.01. The van der Waals surface area contributed by atoms with Crippen LogP contribution in [0.4, 0.5) is 0 Å². The van der Waals surface area contributed by atoms with Gasteiger partial charge in [-0.15, -0.1) is 0 Å². The molecule has 3 saturated carbocycles. The van der Waals surface area contributed by atoms with E-state index < -0.39 is 52.2 Å². The molecule has 3 aromatic carbocycles. The lowest BCUT2D eigenvalue weighted by atomic mass is 9.96. The van der Waals surface area contributed by atoms with Crippen molar-refractivity contribution in [3.8, 4) is 0 Å². The maximum absolute atomic E-state index is 12.4. The smallest absolute Gasteiger partial charge is 0.190 e. The van der Waals surface area contributed by atoms with E-state index in [2.05, 4.69) is 58.9 Å². The number of hydrogen-bond acceptors (Lipinski definition) is 15. The Hall–Kier alpha value is -3.78. The molecule has 15 nitrogen and oxygen atoms in total. The molecule has 1 N–H and O–H groups in total. The largest absolute Gasteiger partial charge is 0.390 e. The van der Waals surface area contributed by atoms with E-state index in [1.165, 1.54) is 0 Å². The first-order valence-electron chi connectivity index (χ1n) is 28.3. The van der Waals surface area contributed by atoms with Gasteiger partial charge in [0.05, 0.1) is 47.3 Å². The van der Waals surface area contributed by atoms with Crippen LogP contribution in [0, 0.1) is 17.8 Å². The van der Waals surface area contributed by atoms with Crippen molar-refractivity contribution in [3.05, 3.63) is 119 Å². The second-order valence-electron chi connectivity index (χ2n) is 25.9. The highest BCUT2D eigenvalue weighted by atomic mass is 16.8. The van der Waals surface area contributed by atoms with Crippen molar-refractivity contribution < 1.29 is 71.5 Å². The van der Waals surface area contributed by atoms with Crippen molar-refractivity contribution in [2.75, 3.05) is 7.11 Å². The van der Waals surface area contributed by atoms with Crippen LogP contribution in [0.1, 0.15) is 141 Å². The first-order chi connectivity index (χ1) is 36.7. The second kappa shape index (κ2) is 22.8. The van der Waals surface area contributed by atoms with Crippen LogP contribution in [0.2, 0.25) is 0 Å². The van der Waals surface area contributed by atoms with Gasteiger partial charge in [-0.25, -0.2) is 0 Å². The van der Waals surface area contributed by atoms with Crippen molar-refractivity contribution in [2.24, 2.45) is 17.8 Å². The number of hydrogen-bond donors (Lipinski definition) is 1. The normalized spacial score (nSPS) is 36.2. The van der Waals surface area contributed by atoms with Gasteiger partial charge in [0.1, 0.15) is 42.7 Å². The molecule has 4 heterocycles. The number of aliphatic hydroxyl groups excluding tert-OH is 1. The summed E-state index contributed by atoms with van der Waals surface area (Å²) in [6, 6.07) is 30.5. The van der Waals surface area contributed by atoms with Crippen LogP contribution in [0.5, 0.6) is 0 Å². The molecule has 4 aliphatic carbocycles. The summed E-state index contributed by atoms with van der Waals surface area (Å²) in [6.07, 6.45) is -1.44. The number of carbonyl (C=O) groups excluding carboxylic acids is 2. The zero-order valence-electron chi connectivity index (χ0n) is 50.1.